The number of nitrogens with zero attached hydrogens (tertiary/aromatic N) is 3. The van der Waals surface area contributed by atoms with Crippen LogP contribution in [0.15, 0.2) is 0 Å². The van der Waals surface area contributed by atoms with E-state index in [1.807, 2.05) is 6.92 Å². The number of rotatable bonds is 4. The molecule has 0 bridgehead atoms. The van der Waals surface area contributed by atoms with E-state index in [0.717, 1.165) is 50.4 Å². The number of fused-ring (bicyclic) bond motifs is 1. The minimum atomic E-state index is -0.0827. The number of hydrogen-bond acceptors (Lipinski definition) is 4. The van der Waals surface area contributed by atoms with E-state index in [2.05, 4.69) is 32.3 Å². The molecule has 1 fully saturated rings. The number of carbonyl (C=O) groups excluding carboxylic acids is 1. The largest absolute Gasteiger partial charge is 0.345 e. The van der Waals surface area contributed by atoms with Crippen LogP contribution in [0.2, 0.25) is 0 Å². The van der Waals surface area contributed by atoms with E-state index in [1.54, 1.807) is 0 Å². The topological polar surface area (TPSA) is 71.8 Å². The van der Waals surface area contributed by atoms with Crippen molar-refractivity contribution < 1.29 is 4.79 Å². The van der Waals surface area contributed by atoms with E-state index in [4.69, 9.17) is 0 Å². The lowest BCUT2D eigenvalue weighted by Crippen LogP contribution is -2.49. The molecule has 3 rings (SSSR count). The van der Waals surface area contributed by atoms with Gasteiger partial charge in [0.1, 0.15) is 5.82 Å². The molecule has 0 aromatic carbocycles. The lowest BCUT2D eigenvalue weighted by atomic mass is 9.90. The highest BCUT2D eigenvalue weighted by molar-refractivity contribution is 5.82. The number of piperidine rings is 1. The Bertz CT molecular complexity index is 512. The number of hydrogen-bond donors (Lipinski definition) is 2. The molecule has 0 radical (unpaired) electrons. The first kappa shape index (κ1) is 14.5. The van der Waals surface area contributed by atoms with Gasteiger partial charge in [0.15, 0.2) is 5.82 Å². The lowest BCUT2D eigenvalue weighted by Gasteiger charge is -2.29. The van der Waals surface area contributed by atoms with E-state index in [-0.39, 0.29) is 18.0 Å². The Balaban J connectivity index is 1.61. The first-order valence-corrected chi connectivity index (χ1v) is 8.14. The summed E-state index contributed by atoms with van der Waals surface area (Å²) >= 11 is 0. The van der Waals surface area contributed by atoms with Crippen LogP contribution in [0.5, 0.6) is 0 Å². The third kappa shape index (κ3) is 2.95. The zero-order valence-corrected chi connectivity index (χ0v) is 12.9. The van der Waals surface area contributed by atoms with Crippen LogP contribution in [0.25, 0.3) is 0 Å². The number of amides is 1. The maximum absolute atomic E-state index is 12.4. The van der Waals surface area contributed by atoms with E-state index in [9.17, 15) is 4.79 Å². The van der Waals surface area contributed by atoms with Crippen LogP contribution < -0.4 is 10.6 Å². The molecule has 116 valence electrons. The van der Waals surface area contributed by atoms with Gasteiger partial charge in [0.25, 0.3) is 0 Å². The van der Waals surface area contributed by atoms with Crippen molar-refractivity contribution in [1.82, 2.24) is 25.4 Å². The SMILES string of the molecule is CCC1CCNC(C(=O)NC(C)c2nnc3n2CCC3)C1. The lowest BCUT2D eigenvalue weighted by molar-refractivity contribution is -0.124. The van der Waals surface area contributed by atoms with Gasteiger partial charge in [-0.1, -0.05) is 13.3 Å². The molecule has 1 amide bonds. The minimum Gasteiger partial charge on any atom is -0.345 e. The van der Waals surface area contributed by atoms with Crippen LogP contribution in [0.4, 0.5) is 0 Å². The Hall–Kier alpha value is -1.43. The molecule has 0 spiro atoms. The Morgan fingerprint density at radius 2 is 2.38 bits per heavy atom. The van der Waals surface area contributed by atoms with Crippen molar-refractivity contribution in [3.8, 4) is 0 Å². The van der Waals surface area contributed by atoms with Gasteiger partial charge in [-0.3, -0.25) is 4.79 Å². The quantitative estimate of drug-likeness (QED) is 0.874. The molecule has 0 aliphatic carbocycles. The average Bonchev–Trinajstić information content (AvgIpc) is 3.09. The molecule has 1 aromatic heterocycles. The second-order valence-electron chi connectivity index (χ2n) is 6.27. The van der Waals surface area contributed by atoms with Gasteiger partial charge in [0.2, 0.25) is 5.91 Å². The molecule has 2 N–H and O–H groups in total. The van der Waals surface area contributed by atoms with Crippen molar-refractivity contribution >= 4 is 5.91 Å². The molecule has 1 saturated heterocycles. The molecule has 2 aliphatic rings. The third-order valence-electron chi connectivity index (χ3n) is 4.79. The third-order valence-corrected chi connectivity index (χ3v) is 4.79. The van der Waals surface area contributed by atoms with Gasteiger partial charge in [-0.2, -0.15) is 0 Å². The molecule has 2 aliphatic heterocycles. The highest BCUT2D eigenvalue weighted by Crippen LogP contribution is 2.21. The molecular formula is C15H25N5O. The summed E-state index contributed by atoms with van der Waals surface area (Å²) in [5.74, 6) is 2.69. The second kappa shape index (κ2) is 6.13. The Kier molecular flexibility index (Phi) is 4.24. The maximum atomic E-state index is 12.4. The number of aromatic nitrogens is 3. The van der Waals surface area contributed by atoms with Crippen molar-refractivity contribution in [3.05, 3.63) is 11.6 Å². The fourth-order valence-electron chi connectivity index (χ4n) is 3.44. The van der Waals surface area contributed by atoms with E-state index < -0.39 is 0 Å². The Labute approximate surface area is 125 Å². The molecule has 3 unspecified atom stereocenters. The van der Waals surface area contributed by atoms with Crippen molar-refractivity contribution in [2.45, 2.75) is 64.6 Å². The second-order valence-corrected chi connectivity index (χ2v) is 6.27. The summed E-state index contributed by atoms with van der Waals surface area (Å²) < 4.78 is 2.15. The van der Waals surface area contributed by atoms with Gasteiger partial charge >= 0.3 is 0 Å². The maximum Gasteiger partial charge on any atom is 0.237 e. The molecule has 21 heavy (non-hydrogen) atoms. The van der Waals surface area contributed by atoms with E-state index >= 15 is 0 Å². The molecule has 1 aromatic rings. The summed E-state index contributed by atoms with van der Waals surface area (Å²) in [6.07, 6.45) is 5.39. The number of aryl methyl sites for hydroxylation is 1. The van der Waals surface area contributed by atoms with E-state index in [0.29, 0.717) is 5.92 Å². The normalized spacial score (nSPS) is 26.4. The predicted octanol–water partition coefficient (Wildman–Crippen LogP) is 1.18. The summed E-state index contributed by atoms with van der Waals surface area (Å²) in [5, 5.41) is 14.9. The van der Waals surface area contributed by atoms with Crippen molar-refractivity contribution in [1.29, 1.82) is 0 Å². The summed E-state index contributed by atoms with van der Waals surface area (Å²) in [6, 6.07) is -0.146. The number of nitrogens with one attached hydrogen (secondary N) is 2. The monoisotopic (exact) mass is 291 g/mol. The smallest absolute Gasteiger partial charge is 0.237 e. The molecule has 0 saturated carbocycles. The minimum absolute atomic E-state index is 0.0629. The van der Waals surface area contributed by atoms with Gasteiger partial charge in [0.05, 0.1) is 12.1 Å². The van der Waals surface area contributed by atoms with Crippen LogP contribution in [0.3, 0.4) is 0 Å². The summed E-state index contributed by atoms with van der Waals surface area (Å²) in [4.78, 5) is 12.4. The van der Waals surface area contributed by atoms with Crippen molar-refractivity contribution in [3.63, 3.8) is 0 Å². The predicted molar refractivity (Wildman–Crippen MR) is 79.7 cm³/mol. The molecule has 3 heterocycles. The van der Waals surface area contributed by atoms with Crippen LogP contribution in [-0.2, 0) is 17.8 Å². The van der Waals surface area contributed by atoms with Gasteiger partial charge in [0, 0.05) is 13.0 Å². The van der Waals surface area contributed by atoms with Gasteiger partial charge in [-0.05, 0) is 38.6 Å². The van der Waals surface area contributed by atoms with Crippen molar-refractivity contribution in [2.24, 2.45) is 5.92 Å². The van der Waals surface area contributed by atoms with Crippen LogP contribution >= 0.6 is 0 Å². The Morgan fingerprint density at radius 3 is 3.19 bits per heavy atom. The summed E-state index contributed by atoms with van der Waals surface area (Å²) in [7, 11) is 0. The standard InChI is InChI=1S/C15H25N5O/c1-3-11-6-7-16-12(9-11)15(21)17-10(2)14-19-18-13-5-4-8-20(13)14/h10-12,16H,3-9H2,1-2H3,(H,17,21). The summed E-state index contributed by atoms with van der Waals surface area (Å²) in [6.45, 7) is 6.10. The Morgan fingerprint density at radius 1 is 1.52 bits per heavy atom. The van der Waals surface area contributed by atoms with Gasteiger partial charge in [-0.25, -0.2) is 0 Å². The van der Waals surface area contributed by atoms with Crippen LogP contribution in [0, 0.1) is 5.92 Å². The van der Waals surface area contributed by atoms with Gasteiger partial charge < -0.3 is 15.2 Å². The highest BCUT2D eigenvalue weighted by atomic mass is 16.2. The zero-order chi connectivity index (χ0) is 14.8. The molecule has 3 atom stereocenters. The average molecular weight is 291 g/mol. The van der Waals surface area contributed by atoms with Crippen LogP contribution in [0.1, 0.15) is 57.2 Å². The van der Waals surface area contributed by atoms with Crippen LogP contribution in [-0.4, -0.2) is 33.3 Å². The number of carbonyl (C=O) groups is 1. The molecular weight excluding hydrogens is 266 g/mol. The first-order chi connectivity index (χ1) is 10.2. The first-order valence-electron chi connectivity index (χ1n) is 8.14. The highest BCUT2D eigenvalue weighted by Gasteiger charge is 2.28. The molecule has 6 heteroatoms. The summed E-state index contributed by atoms with van der Waals surface area (Å²) in [5.41, 5.74) is 0. The van der Waals surface area contributed by atoms with Gasteiger partial charge in [-0.15, -0.1) is 10.2 Å². The van der Waals surface area contributed by atoms with Crippen molar-refractivity contribution in [2.75, 3.05) is 6.54 Å². The van der Waals surface area contributed by atoms with E-state index in [1.165, 1.54) is 6.42 Å². The zero-order valence-electron chi connectivity index (χ0n) is 12.9. The fourth-order valence-corrected chi connectivity index (χ4v) is 3.44. The molecule has 6 nitrogen and oxygen atoms in total. The fraction of sp³-hybridized carbons (Fsp3) is 0.800.